The molecule has 0 radical (unpaired) electrons. The minimum absolute atomic E-state index is 0.0465. The van der Waals surface area contributed by atoms with Crippen LogP contribution < -0.4 is 5.76 Å². The fraction of sp³-hybridized carbons (Fsp3) is 0.364. The van der Waals surface area contributed by atoms with Gasteiger partial charge in [0.1, 0.15) is 0 Å². The van der Waals surface area contributed by atoms with Gasteiger partial charge in [0.25, 0.3) is 0 Å². The summed E-state index contributed by atoms with van der Waals surface area (Å²) in [6, 6.07) is 3.93. The molecule has 0 unspecified atom stereocenters. The zero-order valence-corrected chi connectivity index (χ0v) is 10.4. The Kier molecular flexibility index (Phi) is 2.26. The molecule has 15 heavy (non-hydrogen) atoms. The van der Waals surface area contributed by atoms with Crippen LogP contribution in [0, 0.1) is 0 Å². The lowest BCUT2D eigenvalue weighted by Gasteiger charge is -2.19. The van der Waals surface area contributed by atoms with Gasteiger partial charge in [-0.15, -0.1) is 0 Å². The van der Waals surface area contributed by atoms with Gasteiger partial charge in [0.2, 0.25) is 0 Å². The van der Waals surface area contributed by atoms with Gasteiger partial charge in [-0.3, -0.25) is 4.98 Å². The lowest BCUT2D eigenvalue weighted by molar-refractivity contribution is 0.553. The van der Waals surface area contributed by atoms with E-state index in [1.165, 1.54) is 0 Å². The molecule has 1 N–H and O–H groups in total. The van der Waals surface area contributed by atoms with E-state index in [1.54, 1.807) is 0 Å². The van der Waals surface area contributed by atoms with Gasteiger partial charge in [-0.2, -0.15) is 0 Å². The molecule has 2 rings (SSSR count). The van der Waals surface area contributed by atoms with Crippen LogP contribution in [0.15, 0.2) is 25.8 Å². The number of fused-ring (bicyclic) bond motifs is 1. The molecule has 0 amide bonds. The number of H-pyrrole nitrogens is 1. The van der Waals surface area contributed by atoms with Crippen LogP contribution in [-0.2, 0) is 5.41 Å². The van der Waals surface area contributed by atoms with Crippen molar-refractivity contribution < 1.29 is 4.42 Å². The van der Waals surface area contributed by atoms with Crippen LogP contribution in [0.25, 0.3) is 11.1 Å². The maximum Gasteiger partial charge on any atom is 0.417 e. The molecule has 0 aliphatic carbocycles. The summed E-state index contributed by atoms with van der Waals surface area (Å²) in [7, 11) is 0. The van der Waals surface area contributed by atoms with Crippen molar-refractivity contribution in [2.24, 2.45) is 0 Å². The summed E-state index contributed by atoms with van der Waals surface area (Å²) < 4.78 is 5.82. The van der Waals surface area contributed by atoms with Crippen LogP contribution in [-0.4, -0.2) is 4.98 Å². The topological polar surface area (TPSA) is 46.0 Å². The summed E-state index contributed by atoms with van der Waals surface area (Å²) in [5.41, 5.74) is 2.51. The number of hydrogen-bond donors (Lipinski definition) is 1. The van der Waals surface area contributed by atoms with Crippen molar-refractivity contribution in [3.63, 3.8) is 0 Å². The Hall–Kier alpha value is -1.03. The third-order valence-corrected chi connectivity index (χ3v) is 2.93. The van der Waals surface area contributed by atoms with Crippen LogP contribution >= 0.6 is 15.9 Å². The highest BCUT2D eigenvalue weighted by atomic mass is 79.9. The third-order valence-electron chi connectivity index (χ3n) is 2.34. The molecule has 1 heterocycles. The predicted molar refractivity (Wildman–Crippen MR) is 63.2 cm³/mol. The molecule has 0 atom stereocenters. The van der Waals surface area contributed by atoms with Gasteiger partial charge < -0.3 is 4.42 Å². The van der Waals surface area contributed by atoms with Gasteiger partial charge in [0.05, 0.1) is 9.99 Å². The molecule has 1 aromatic heterocycles. The second-order valence-corrected chi connectivity index (χ2v) is 5.45. The molecule has 0 spiro atoms. The maximum atomic E-state index is 11.1. The van der Waals surface area contributed by atoms with Crippen molar-refractivity contribution in [1.29, 1.82) is 0 Å². The molecular weight excluding hydrogens is 258 g/mol. The molecule has 0 fully saturated rings. The third kappa shape index (κ3) is 1.86. The first-order valence-electron chi connectivity index (χ1n) is 4.71. The average Bonchev–Trinajstić information content (AvgIpc) is 2.44. The Morgan fingerprint density at radius 3 is 2.60 bits per heavy atom. The van der Waals surface area contributed by atoms with E-state index in [0.717, 1.165) is 15.6 Å². The molecule has 0 aliphatic rings. The van der Waals surface area contributed by atoms with Crippen LogP contribution in [0.4, 0.5) is 0 Å². The summed E-state index contributed by atoms with van der Waals surface area (Å²) in [6.45, 7) is 6.37. The summed E-state index contributed by atoms with van der Waals surface area (Å²) in [5, 5.41) is 0. The lowest BCUT2D eigenvalue weighted by Crippen LogP contribution is -2.10. The molecule has 0 aliphatic heterocycles. The van der Waals surface area contributed by atoms with E-state index in [9.17, 15) is 4.79 Å². The number of nitrogens with one attached hydrogen (secondary N) is 1. The van der Waals surface area contributed by atoms with Crippen molar-refractivity contribution in [2.45, 2.75) is 26.2 Å². The second kappa shape index (κ2) is 3.23. The minimum atomic E-state index is -0.420. The first-order chi connectivity index (χ1) is 6.88. The number of halogens is 1. The normalized spacial score (nSPS) is 12.3. The van der Waals surface area contributed by atoms with Gasteiger partial charge in [0, 0.05) is 0 Å². The molecular formula is C11H12BrNO2. The molecule has 0 bridgehead atoms. The Labute approximate surface area is 95.6 Å². The quantitative estimate of drug-likeness (QED) is 0.799. The fourth-order valence-corrected chi connectivity index (χ4v) is 1.99. The van der Waals surface area contributed by atoms with E-state index in [1.807, 2.05) is 12.1 Å². The van der Waals surface area contributed by atoms with Crippen LogP contribution in [0.3, 0.4) is 0 Å². The van der Waals surface area contributed by atoms with Gasteiger partial charge >= 0.3 is 5.76 Å². The molecule has 1 aromatic carbocycles. The van der Waals surface area contributed by atoms with E-state index in [2.05, 4.69) is 41.7 Å². The van der Waals surface area contributed by atoms with Gasteiger partial charge in [-0.25, -0.2) is 4.79 Å². The summed E-state index contributed by atoms with van der Waals surface area (Å²) >= 11 is 3.40. The monoisotopic (exact) mass is 269 g/mol. The largest absolute Gasteiger partial charge is 0.417 e. The Morgan fingerprint density at radius 1 is 1.33 bits per heavy atom. The predicted octanol–water partition coefficient (Wildman–Crippen LogP) is 3.18. The van der Waals surface area contributed by atoms with Gasteiger partial charge in [0.15, 0.2) is 5.58 Å². The molecule has 2 aromatic rings. The first kappa shape index (κ1) is 10.5. The first-order valence-corrected chi connectivity index (χ1v) is 5.50. The SMILES string of the molecule is CC(C)(C)c1cc(Br)c2oc(=O)[nH]c2c1. The summed E-state index contributed by atoms with van der Waals surface area (Å²) in [4.78, 5) is 13.7. The molecule has 4 heteroatoms. The molecule has 0 saturated heterocycles. The summed E-state index contributed by atoms with van der Waals surface area (Å²) in [6.07, 6.45) is 0. The standard InChI is InChI=1S/C11H12BrNO2/c1-11(2,3)6-4-7(12)9-8(5-6)13-10(14)15-9/h4-5H,1-3H3,(H,13,14). The van der Waals surface area contributed by atoms with Crippen molar-refractivity contribution in [2.75, 3.05) is 0 Å². The Morgan fingerprint density at radius 2 is 2.00 bits per heavy atom. The van der Waals surface area contributed by atoms with Gasteiger partial charge in [-0.1, -0.05) is 20.8 Å². The van der Waals surface area contributed by atoms with Crippen LogP contribution in [0.5, 0.6) is 0 Å². The Balaban J connectivity index is 2.78. The smallest absolute Gasteiger partial charge is 0.407 e. The highest BCUT2D eigenvalue weighted by molar-refractivity contribution is 9.10. The maximum absolute atomic E-state index is 11.1. The number of aromatic nitrogens is 1. The van der Waals surface area contributed by atoms with E-state index in [0.29, 0.717) is 5.58 Å². The number of benzene rings is 1. The van der Waals surface area contributed by atoms with E-state index in [4.69, 9.17) is 4.42 Å². The van der Waals surface area contributed by atoms with Gasteiger partial charge in [-0.05, 0) is 39.0 Å². The number of oxazole rings is 1. The molecule has 0 saturated carbocycles. The number of hydrogen-bond acceptors (Lipinski definition) is 2. The fourth-order valence-electron chi connectivity index (χ4n) is 1.45. The minimum Gasteiger partial charge on any atom is -0.407 e. The summed E-state index contributed by atoms with van der Waals surface area (Å²) in [5.74, 6) is -0.420. The lowest BCUT2D eigenvalue weighted by atomic mass is 9.87. The molecule has 3 nitrogen and oxygen atoms in total. The number of aromatic amines is 1. The van der Waals surface area contributed by atoms with Crippen molar-refractivity contribution in [1.82, 2.24) is 4.98 Å². The highest BCUT2D eigenvalue weighted by Gasteiger charge is 2.17. The Bertz CT molecular complexity index is 560. The zero-order chi connectivity index (χ0) is 11.2. The van der Waals surface area contributed by atoms with Crippen LogP contribution in [0.2, 0.25) is 0 Å². The van der Waals surface area contributed by atoms with Crippen molar-refractivity contribution in [3.8, 4) is 0 Å². The highest BCUT2D eigenvalue weighted by Crippen LogP contribution is 2.30. The van der Waals surface area contributed by atoms with E-state index in [-0.39, 0.29) is 5.41 Å². The number of rotatable bonds is 0. The second-order valence-electron chi connectivity index (χ2n) is 4.60. The van der Waals surface area contributed by atoms with E-state index >= 15 is 0 Å². The molecule has 80 valence electrons. The zero-order valence-electron chi connectivity index (χ0n) is 8.85. The van der Waals surface area contributed by atoms with Crippen LogP contribution in [0.1, 0.15) is 26.3 Å². The average molecular weight is 270 g/mol. The van der Waals surface area contributed by atoms with Crippen molar-refractivity contribution in [3.05, 3.63) is 32.7 Å². The van der Waals surface area contributed by atoms with E-state index < -0.39 is 5.76 Å². The van der Waals surface area contributed by atoms with Crippen molar-refractivity contribution >= 4 is 27.0 Å².